The predicted octanol–water partition coefficient (Wildman–Crippen LogP) is 2.50. The third kappa shape index (κ3) is 5.72. The average Bonchev–Trinajstić information content (AvgIpc) is 3.16. The highest BCUT2D eigenvalue weighted by atomic mass is 127. The van der Waals surface area contributed by atoms with Gasteiger partial charge in [-0.05, 0) is 24.3 Å². The van der Waals surface area contributed by atoms with Crippen molar-refractivity contribution in [2.75, 3.05) is 34.9 Å². The number of aliphatic imine (C=N–C) groups is 1. The number of hydrogen-bond donors (Lipinski definition) is 2. The van der Waals surface area contributed by atoms with E-state index < -0.39 is 0 Å². The molecule has 1 aromatic heterocycles. The molecule has 7 nitrogen and oxygen atoms in total. The molecule has 2 N–H and O–H groups in total. The number of ether oxygens (including phenoxy) is 3. The molecular formula is C18H27IN4O3. The molecule has 144 valence electrons. The summed E-state index contributed by atoms with van der Waals surface area (Å²) < 4.78 is 18.3. The summed E-state index contributed by atoms with van der Waals surface area (Å²) in [7, 11) is 6.56. The van der Waals surface area contributed by atoms with Crippen LogP contribution in [0.3, 0.4) is 0 Å². The van der Waals surface area contributed by atoms with Gasteiger partial charge in [-0.25, -0.2) is 0 Å². The average molecular weight is 474 g/mol. The van der Waals surface area contributed by atoms with E-state index in [1.54, 1.807) is 28.4 Å². The Morgan fingerprint density at radius 3 is 2.27 bits per heavy atom. The van der Waals surface area contributed by atoms with Crippen LogP contribution in [0.2, 0.25) is 0 Å². The van der Waals surface area contributed by atoms with Crippen molar-refractivity contribution < 1.29 is 14.2 Å². The van der Waals surface area contributed by atoms with E-state index in [9.17, 15) is 0 Å². The second kappa shape index (κ2) is 11.5. The maximum absolute atomic E-state index is 5.50. The van der Waals surface area contributed by atoms with E-state index in [1.165, 1.54) is 0 Å². The van der Waals surface area contributed by atoms with Crippen LogP contribution < -0.4 is 24.8 Å². The second-order valence-corrected chi connectivity index (χ2v) is 5.27. The lowest BCUT2D eigenvalue weighted by Gasteiger charge is -2.17. The Hall–Kier alpha value is -2.10. The second-order valence-electron chi connectivity index (χ2n) is 5.27. The molecule has 0 aliphatic carbocycles. The van der Waals surface area contributed by atoms with Crippen molar-refractivity contribution in [2.45, 2.75) is 13.1 Å². The Kier molecular flexibility index (Phi) is 9.71. The minimum Gasteiger partial charge on any atom is -0.493 e. The van der Waals surface area contributed by atoms with E-state index in [1.807, 2.05) is 36.7 Å². The van der Waals surface area contributed by atoms with Gasteiger partial charge in [0.05, 0.1) is 21.3 Å². The highest BCUT2D eigenvalue weighted by molar-refractivity contribution is 14.0. The highest BCUT2D eigenvalue weighted by Gasteiger charge is 2.15. The Bertz CT molecular complexity index is 690. The molecule has 0 aliphatic rings. The SMILES string of the molecule is CN=C(NCCn1cccc1)NCc1ccc(OC)c(OC)c1OC.I. The van der Waals surface area contributed by atoms with Crippen molar-refractivity contribution in [1.82, 2.24) is 15.2 Å². The lowest BCUT2D eigenvalue weighted by atomic mass is 10.1. The van der Waals surface area contributed by atoms with E-state index in [4.69, 9.17) is 14.2 Å². The van der Waals surface area contributed by atoms with Crippen molar-refractivity contribution >= 4 is 29.9 Å². The van der Waals surface area contributed by atoms with E-state index in [0.29, 0.717) is 23.8 Å². The van der Waals surface area contributed by atoms with Gasteiger partial charge in [0, 0.05) is 44.6 Å². The molecule has 0 saturated carbocycles. The van der Waals surface area contributed by atoms with Gasteiger partial charge in [-0.3, -0.25) is 4.99 Å². The molecule has 0 radical (unpaired) electrons. The van der Waals surface area contributed by atoms with Gasteiger partial charge in [-0.2, -0.15) is 0 Å². The molecular weight excluding hydrogens is 447 g/mol. The first-order chi connectivity index (χ1) is 12.2. The number of nitrogens with one attached hydrogen (secondary N) is 2. The van der Waals surface area contributed by atoms with Crippen LogP contribution in [0, 0.1) is 0 Å². The molecule has 0 aliphatic heterocycles. The van der Waals surface area contributed by atoms with Crippen molar-refractivity contribution in [2.24, 2.45) is 4.99 Å². The largest absolute Gasteiger partial charge is 0.493 e. The highest BCUT2D eigenvalue weighted by Crippen LogP contribution is 2.39. The number of rotatable bonds is 8. The number of methoxy groups -OCH3 is 3. The first kappa shape index (κ1) is 21.9. The van der Waals surface area contributed by atoms with Crippen LogP contribution in [0.1, 0.15) is 5.56 Å². The summed E-state index contributed by atoms with van der Waals surface area (Å²) >= 11 is 0. The topological polar surface area (TPSA) is 69.0 Å². The van der Waals surface area contributed by atoms with Gasteiger partial charge in [-0.15, -0.1) is 24.0 Å². The molecule has 8 heteroatoms. The summed E-state index contributed by atoms with van der Waals surface area (Å²) in [6.07, 6.45) is 4.07. The zero-order chi connectivity index (χ0) is 18.1. The molecule has 0 fully saturated rings. The summed E-state index contributed by atoms with van der Waals surface area (Å²) in [5, 5.41) is 6.57. The third-order valence-electron chi connectivity index (χ3n) is 3.78. The van der Waals surface area contributed by atoms with Crippen LogP contribution in [0.4, 0.5) is 0 Å². The number of nitrogens with zero attached hydrogens (tertiary/aromatic N) is 2. The van der Waals surface area contributed by atoms with Crippen LogP contribution >= 0.6 is 24.0 Å². The first-order valence-corrected chi connectivity index (χ1v) is 8.06. The smallest absolute Gasteiger partial charge is 0.203 e. The van der Waals surface area contributed by atoms with Gasteiger partial charge in [0.15, 0.2) is 17.5 Å². The third-order valence-corrected chi connectivity index (χ3v) is 3.78. The van der Waals surface area contributed by atoms with Crippen molar-refractivity contribution in [3.63, 3.8) is 0 Å². The molecule has 0 saturated heterocycles. The van der Waals surface area contributed by atoms with Crippen molar-refractivity contribution in [1.29, 1.82) is 0 Å². The number of guanidine groups is 1. The van der Waals surface area contributed by atoms with Crippen molar-refractivity contribution in [3.8, 4) is 17.2 Å². The van der Waals surface area contributed by atoms with E-state index >= 15 is 0 Å². The number of halogens is 1. The molecule has 0 bridgehead atoms. The fourth-order valence-corrected chi connectivity index (χ4v) is 2.52. The molecule has 1 heterocycles. The molecule has 26 heavy (non-hydrogen) atoms. The van der Waals surface area contributed by atoms with E-state index in [-0.39, 0.29) is 24.0 Å². The Morgan fingerprint density at radius 1 is 1.00 bits per heavy atom. The van der Waals surface area contributed by atoms with Gasteiger partial charge < -0.3 is 29.4 Å². The zero-order valence-electron chi connectivity index (χ0n) is 15.6. The summed E-state index contributed by atoms with van der Waals surface area (Å²) in [4.78, 5) is 4.24. The minimum atomic E-state index is 0. The molecule has 0 amide bonds. The molecule has 0 atom stereocenters. The summed E-state index contributed by atoms with van der Waals surface area (Å²) in [5.74, 6) is 2.60. The number of benzene rings is 1. The molecule has 2 aromatic rings. The van der Waals surface area contributed by atoms with E-state index in [2.05, 4.69) is 20.2 Å². The summed E-state index contributed by atoms with van der Waals surface area (Å²) in [6, 6.07) is 7.83. The number of hydrogen-bond acceptors (Lipinski definition) is 4. The fourth-order valence-electron chi connectivity index (χ4n) is 2.52. The summed E-state index contributed by atoms with van der Waals surface area (Å²) in [5.41, 5.74) is 0.952. The maximum atomic E-state index is 5.50. The van der Waals surface area contributed by atoms with Crippen LogP contribution in [0.25, 0.3) is 0 Å². The first-order valence-electron chi connectivity index (χ1n) is 8.06. The summed E-state index contributed by atoms with van der Waals surface area (Å²) in [6.45, 7) is 2.19. The lowest BCUT2D eigenvalue weighted by Crippen LogP contribution is -2.38. The van der Waals surface area contributed by atoms with Gasteiger partial charge in [0.25, 0.3) is 0 Å². The van der Waals surface area contributed by atoms with Crippen LogP contribution in [-0.4, -0.2) is 45.4 Å². The number of aromatic nitrogens is 1. The van der Waals surface area contributed by atoms with Crippen molar-refractivity contribution in [3.05, 3.63) is 42.2 Å². The lowest BCUT2D eigenvalue weighted by molar-refractivity contribution is 0.322. The quantitative estimate of drug-likeness (QED) is 0.350. The van der Waals surface area contributed by atoms with Crippen LogP contribution in [0.15, 0.2) is 41.7 Å². The molecule has 2 rings (SSSR count). The Balaban J connectivity index is 0.00000338. The molecule has 0 spiro atoms. The molecule has 0 unspecified atom stereocenters. The van der Waals surface area contributed by atoms with Gasteiger partial charge in [0.2, 0.25) is 5.75 Å². The minimum absolute atomic E-state index is 0. The Morgan fingerprint density at radius 2 is 1.69 bits per heavy atom. The fraction of sp³-hybridized carbons (Fsp3) is 0.389. The monoisotopic (exact) mass is 474 g/mol. The molecule has 1 aromatic carbocycles. The van der Waals surface area contributed by atoms with E-state index in [0.717, 1.165) is 24.6 Å². The zero-order valence-corrected chi connectivity index (χ0v) is 17.9. The van der Waals surface area contributed by atoms with Gasteiger partial charge >= 0.3 is 0 Å². The van der Waals surface area contributed by atoms with Gasteiger partial charge in [-0.1, -0.05) is 0 Å². The predicted molar refractivity (Wildman–Crippen MR) is 114 cm³/mol. The van der Waals surface area contributed by atoms with Gasteiger partial charge in [0.1, 0.15) is 0 Å². The maximum Gasteiger partial charge on any atom is 0.203 e. The van der Waals surface area contributed by atoms with Crippen LogP contribution in [-0.2, 0) is 13.1 Å². The van der Waals surface area contributed by atoms with Crippen LogP contribution in [0.5, 0.6) is 17.2 Å². The standard InChI is InChI=1S/C18H26N4O3.HI/c1-19-18(20-9-12-22-10-5-6-11-22)21-13-14-7-8-15(23-2)17(25-4)16(14)24-3;/h5-8,10-11H,9,12-13H2,1-4H3,(H2,19,20,21);1H. The normalized spacial score (nSPS) is 10.7. The Labute approximate surface area is 171 Å².